The third-order valence-electron chi connectivity index (χ3n) is 4.91. The number of fused-ring (bicyclic) bond motifs is 1. The molecule has 0 radical (unpaired) electrons. The summed E-state index contributed by atoms with van der Waals surface area (Å²) in [6, 6.07) is 6.64. The highest BCUT2D eigenvalue weighted by Gasteiger charge is 2.14. The number of nitriles is 1. The number of halogens is 2. The van der Waals surface area contributed by atoms with Crippen LogP contribution in [0.15, 0.2) is 60.3 Å². The molecule has 2 aromatic heterocycles. The highest BCUT2D eigenvalue weighted by molar-refractivity contribution is 5.78. The van der Waals surface area contributed by atoms with Crippen molar-refractivity contribution in [3.63, 3.8) is 0 Å². The Bertz CT molecular complexity index is 1310. The standard InChI is InChI=1S/C16H14FN5O.C9H13FO.2CH2O/c1-9-11-5-10(7-20-16(11)22-21-9)23-8-13-12(6-18)15(19-2)4-3-14(13)17;1-5-9(10)6-7(2)8(3)11-4;2*1-2/h3-5,7,19H,8H2,1-2H3,(H,20,21,22);5-6H,3H2,1-2,4H3;2*1H2/b;7-6-,9-5+;;. The summed E-state index contributed by atoms with van der Waals surface area (Å²) >= 11 is 0. The van der Waals surface area contributed by atoms with Crippen LogP contribution in [0.3, 0.4) is 0 Å². The Hall–Kier alpha value is -4.85. The average molecular weight is 528 g/mol. The highest BCUT2D eigenvalue weighted by Crippen LogP contribution is 2.25. The molecule has 0 unspecified atom stereocenters. The molecular weight excluding hydrogens is 496 g/mol. The summed E-state index contributed by atoms with van der Waals surface area (Å²) < 4.78 is 37.0. The lowest BCUT2D eigenvalue weighted by atomic mass is 10.1. The number of carbonyl (C=O) groups is 2. The SMILES string of the molecule is C=C(OC)/C(C)=C\C(F)=C/C.C=O.C=O.CNc1ccc(F)c(COc2cnc3n[nH]c(C)c3c2)c1C#N. The lowest BCUT2D eigenvalue weighted by Crippen LogP contribution is -2.05. The minimum atomic E-state index is -0.478. The third kappa shape index (κ3) is 9.31. The number of aryl methyl sites for hydroxylation is 1. The molecule has 202 valence electrons. The predicted molar refractivity (Wildman–Crippen MR) is 143 cm³/mol. The van der Waals surface area contributed by atoms with Crippen LogP contribution in [0.5, 0.6) is 5.75 Å². The Labute approximate surface area is 220 Å². The number of carbonyl (C=O) groups excluding carboxylic acids is 2. The van der Waals surface area contributed by atoms with Gasteiger partial charge in [-0.3, -0.25) is 5.10 Å². The molecule has 0 fully saturated rings. The zero-order valence-corrected chi connectivity index (χ0v) is 22.0. The van der Waals surface area contributed by atoms with Crippen molar-refractivity contribution in [2.75, 3.05) is 19.5 Å². The Balaban J connectivity index is 0.000000774. The van der Waals surface area contributed by atoms with Gasteiger partial charge in [0.05, 0.1) is 24.6 Å². The Morgan fingerprint density at radius 2 is 1.95 bits per heavy atom. The fourth-order valence-electron chi connectivity index (χ4n) is 2.87. The van der Waals surface area contributed by atoms with Crippen LogP contribution >= 0.6 is 0 Å². The maximum absolute atomic E-state index is 14.0. The Morgan fingerprint density at radius 1 is 1.29 bits per heavy atom. The summed E-state index contributed by atoms with van der Waals surface area (Å²) in [5, 5.41) is 19.9. The number of anilines is 1. The van der Waals surface area contributed by atoms with Crippen molar-refractivity contribution in [1.82, 2.24) is 15.2 Å². The van der Waals surface area contributed by atoms with Crippen LogP contribution in [0.2, 0.25) is 0 Å². The number of methoxy groups -OCH3 is 1. The number of pyridine rings is 1. The molecule has 3 rings (SSSR count). The van der Waals surface area contributed by atoms with E-state index in [4.69, 9.17) is 19.1 Å². The zero-order valence-electron chi connectivity index (χ0n) is 22.0. The highest BCUT2D eigenvalue weighted by atomic mass is 19.1. The van der Waals surface area contributed by atoms with Gasteiger partial charge in [0.2, 0.25) is 0 Å². The van der Waals surface area contributed by atoms with E-state index in [1.165, 1.54) is 37.6 Å². The fourth-order valence-corrected chi connectivity index (χ4v) is 2.87. The number of hydrogen-bond acceptors (Lipinski definition) is 8. The van der Waals surface area contributed by atoms with E-state index in [0.29, 0.717) is 28.4 Å². The molecule has 2 N–H and O–H groups in total. The van der Waals surface area contributed by atoms with E-state index in [9.17, 15) is 14.0 Å². The van der Waals surface area contributed by atoms with Crippen molar-refractivity contribution in [3.05, 3.63) is 82.9 Å². The summed E-state index contributed by atoms with van der Waals surface area (Å²) in [6.45, 7) is 12.8. The van der Waals surface area contributed by atoms with Crippen LogP contribution in [0.1, 0.15) is 30.7 Å². The molecule has 3 aromatic rings. The second-order valence-electron chi connectivity index (χ2n) is 7.12. The predicted octanol–water partition coefficient (Wildman–Crippen LogP) is 5.49. The van der Waals surface area contributed by atoms with E-state index in [-0.39, 0.29) is 23.6 Å². The summed E-state index contributed by atoms with van der Waals surface area (Å²) in [4.78, 5) is 20.2. The van der Waals surface area contributed by atoms with Crippen LogP contribution in [0.25, 0.3) is 11.0 Å². The molecule has 0 aliphatic heterocycles. The van der Waals surface area contributed by atoms with E-state index in [1.54, 1.807) is 27.0 Å². The van der Waals surface area contributed by atoms with Gasteiger partial charge in [0, 0.05) is 23.7 Å². The number of hydrogen-bond donors (Lipinski definition) is 2. The molecule has 0 aliphatic carbocycles. The van der Waals surface area contributed by atoms with Gasteiger partial charge in [0.15, 0.2) is 5.65 Å². The number of aromatic amines is 1. The molecule has 1 aromatic carbocycles. The maximum Gasteiger partial charge on any atom is 0.181 e. The fraction of sp³-hybridized carbons (Fsp3) is 0.222. The van der Waals surface area contributed by atoms with Gasteiger partial charge in [-0.25, -0.2) is 13.8 Å². The number of allylic oxidation sites excluding steroid dienone is 4. The van der Waals surface area contributed by atoms with Gasteiger partial charge in [-0.1, -0.05) is 12.7 Å². The first kappa shape index (κ1) is 33.1. The smallest absolute Gasteiger partial charge is 0.181 e. The Morgan fingerprint density at radius 3 is 2.50 bits per heavy atom. The van der Waals surface area contributed by atoms with Crippen molar-refractivity contribution in [2.45, 2.75) is 27.4 Å². The molecule has 0 amide bonds. The third-order valence-corrected chi connectivity index (χ3v) is 4.91. The monoisotopic (exact) mass is 527 g/mol. The van der Waals surface area contributed by atoms with Gasteiger partial charge in [-0.15, -0.1) is 0 Å². The molecule has 0 saturated carbocycles. The average Bonchev–Trinajstić information content (AvgIpc) is 3.33. The normalized spacial score (nSPS) is 10.4. The van der Waals surface area contributed by atoms with Crippen molar-refractivity contribution < 1.29 is 27.8 Å². The van der Waals surface area contributed by atoms with E-state index < -0.39 is 5.82 Å². The molecule has 0 aliphatic rings. The van der Waals surface area contributed by atoms with E-state index >= 15 is 0 Å². The van der Waals surface area contributed by atoms with E-state index in [2.05, 4.69) is 27.1 Å². The number of rotatable bonds is 7. The van der Waals surface area contributed by atoms with Crippen molar-refractivity contribution >= 4 is 30.3 Å². The minimum Gasteiger partial charge on any atom is -0.497 e. The first-order valence-corrected chi connectivity index (χ1v) is 10.9. The number of aromatic nitrogens is 3. The number of benzene rings is 1. The molecular formula is C27H31F2N5O4. The quantitative estimate of drug-likeness (QED) is 0.305. The summed E-state index contributed by atoms with van der Waals surface area (Å²) in [5.74, 6) is 0.219. The summed E-state index contributed by atoms with van der Waals surface area (Å²) in [7, 11) is 3.19. The number of H-pyrrole nitrogens is 1. The van der Waals surface area contributed by atoms with E-state index in [0.717, 1.165) is 11.1 Å². The van der Waals surface area contributed by atoms with Gasteiger partial charge in [0.25, 0.3) is 0 Å². The largest absolute Gasteiger partial charge is 0.497 e. The van der Waals surface area contributed by atoms with Gasteiger partial charge < -0.3 is 24.4 Å². The lowest BCUT2D eigenvalue weighted by Gasteiger charge is -2.11. The van der Waals surface area contributed by atoms with Crippen LogP contribution in [-0.4, -0.2) is 42.9 Å². The minimum absolute atomic E-state index is 0.0612. The molecule has 9 nitrogen and oxygen atoms in total. The van der Waals surface area contributed by atoms with Gasteiger partial charge >= 0.3 is 0 Å². The first-order chi connectivity index (χ1) is 18.2. The van der Waals surface area contributed by atoms with Gasteiger partial charge in [-0.2, -0.15) is 10.4 Å². The van der Waals surface area contributed by atoms with E-state index in [1.807, 2.05) is 26.6 Å². The molecule has 0 bridgehead atoms. The molecule has 2 heterocycles. The van der Waals surface area contributed by atoms with Crippen molar-refractivity contribution in [3.8, 4) is 11.8 Å². The van der Waals surface area contributed by atoms with Crippen LogP contribution in [-0.2, 0) is 20.9 Å². The number of nitrogens with zero attached hydrogens (tertiary/aromatic N) is 3. The number of ether oxygens (including phenoxy) is 2. The molecule has 0 spiro atoms. The van der Waals surface area contributed by atoms with Gasteiger partial charge in [0.1, 0.15) is 49.4 Å². The topological polar surface area (TPSA) is 130 Å². The molecule has 0 saturated heterocycles. The lowest BCUT2D eigenvalue weighted by molar-refractivity contribution is -0.0987. The molecule has 0 atom stereocenters. The van der Waals surface area contributed by atoms with Crippen LogP contribution in [0.4, 0.5) is 14.5 Å². The Kier molecular flexibility index (Phi) is 15.3. The molecule has 38 heavy (non-hydrogen) atoms. The zero-order chi connectivity index (χ0) is 29.3. The number of nitrogens with one attached hydrogen (secondary N) is 2. The van der Waals surface area contributed by atoms with Crippen molar-refractivity contribution in [2.24, 2.45) is 0 Å². The van der Waals surface area contributed by atoms with Crippen LogP contribution < -0.4 is 10.1 Å². The summed E-state index contributed by atoms with van der Waals surface area (Å²) in [6.07, 6.45) is 4.28. The van der Waals surface area contributed by atoms with Crippen LogP contribution in [0, 0.1) is 24.1 Å². The van der Waals surface area contributed by atoms with Gasteiger partial charge in [-0.05, 0) is 50.6 Å². The summed E-state index contributed by atoms with van der Waals surface area (Å²) in [5.41, 5.74) is 3.18. The maximum atomic E-state index is 14.0. The molecule has 11 heteroatoms. The second kappa shape index (κ2) is 17.6. The first-order valence-electron chi connectivity index (χ1n) is 10.9. The second-order valence-corrected chi connectivity index (χ2v) is 7.12. The van der Waals surface area contributed by atoms with Crippen molar-refractivity contribution in [1.29, 1.82) is 5.26 Å².